The number of pyridine rings is 2. The van der Waals surface area contributed by atoms with E-state index in [4.69, 9.17) is 5.73 Å². The van der Waals surface area contributed by atoms with Gasteiger partial charge in [0.15, 0.2) is 0 Å². The molecule has 0 saturated heterocycles. The number of rotatable bonds is 8. The van der Waals surface area contributed by atoms with Gasteiger partial charge in [0.1, 0.15) is 24.6 Å². The predicted octanol–water partition coefficient (Wildman–Crippen LogP) is 0.959. The molecule has 12 heteroatoms. The molecule has 0 aliphatic rings. The summed E-state index contributed by atoms with van der Waals surface area (Å²) in [6.07, 6.45) is 1.22. The number of nitrogens with one attached hydrogen (secondary N) is 2. The van der Waals surface area contributed by atoms with Crippen LogP contribution >= 0.6 is 0 Å². The number of aromatic nitrogens is 4. The lowest BCUT2D eigenvalue weighted by Crippen LogP contribution is -2.48. The monoisotopic (exact) mass is 473 g/mol. The first kappa shape index (κ1) is 24.6. The van der Waals surface area contributed by atoms with Gasteiger partial charge >= 0.3 is 11.6 Å². The van der Waals surface area contributed by atoms with Crippen molar-refractivity contribution in [1.29, 1.82) is 0 Å². The second-order valence-corrected chi connectivity index (χ2v) is 7.79. The van der Waals surface area contributed by atoms with Crippen molar-refractivity contribution in [2.45, 2.75) is 39.8 Å². The highest BCUT2D eigenvalue weighted by atomic mass is 19.3. The summed E-state index contributed by atoms with van der Waals surface area (Å²) >= 11 is 0. The Balaban J connectivity index is 1.75. The Bertz CT molecular complexity index is 1300. The van der Waals surface area contributed by atoms with E-state index in [-0.39, 0.29) is 12.2 Å². The van der Waals surface area contributed by atoms with Gasteiger partial charge in [-0.15, -0.1) is 0 Å². The Morgan fingerprint density at radius 3 is 2.56 bits per heavy atom. The van der Waals surface area contributed by atoms with Crippen molar-refractivity contribution in [3.8, 4) is 0 Å². The highest BCUT2D eigenvalue weighted by Gasteiger charge is 2.33. The normalized spacial score (nSPS) is 11.3. The van der Waals surface area contributed by atoms with Gasteiger partial charge in [-0.3, -0.25) is 19.1 Å². The van der Waals surface area contributed by atoms with Gasteiger partial charge in [0.2, 0.25) is 5.91 Å². The number of nitrogen functional groups attached to an aromatic ring is 1. The number of hydrogen-bond acceptors (Lipinski definition) is 7. The third kappa shape index (κ3) is 5.45. The summed E-state index contributed by atoms with van der Waals surface area (Å²) in [4.78, 5) is 45.4. The number of aryl methyl sites for hydroxylation is 3. The molecule has 3 aromatic rings. The van der Waals surface area contributed by atoms with Gasteiger partial charge in [-0.1, -0.05) is 6.07 Å². The Labute approximate surface area is 193 Å². The van der Waals surface area contributed by atoms with Gasteiger partial charge in [-0.2, -0.15) is 13.5 Å². The van der Waals surface area contributed by atoms with Crippen LogP contribution in [0.3, 0.4) is 0 Å². The van der Waals surface area contributed by atoms with Crippen LogP contribution in [0.2, 0.25) is 0 Å². The minimum atomic E-state index is -3.44. The Kier molecular flexibility index (Phi) is 7.08. The van der Waals surface area contributed by atoms with E-state index in [2.05, 4.69) is 20.7 Å². The number of carbonyl (C=O) groups excluding carboxylic acids is 1. The summed E-state index contributed by atoms with van der Waals surface area (Å²) in [5, 5.41) is 2.70. The summed E-state index contributed by atoms with van der Waals surface area (Å²) < 4.78 is 30.3. The van der Waals surface area contributed by atoms with Gasteiger partial charge in [0, 0.05) is 30.2 Å². The Morgan fingerprint density at radius 1 is 1.18 bits per heavy atom. The number of anilines is 1. The van der Waals surface area contributed by atoms with Crippen LogP contribution in [-0.2, 0) is 23.8 Å². The third-order valence-corrected chi connectivity index (χ3v) is 5.24. The van der Waals surface area contributed by atoms with E-state index in [0.717, 1.165) is 27.8 Å². The molecule has 0 radical (unpaired) electrons. The van der Waals surface area contributed by atoms with Crippen molar-refractivity contribution in [2.75, 3.05) is 17.7 Å². The fourth-order valence-electron chi connectivity index (χ4n) is 3.41. The molecular formula is C22H25F2N7O3. The molecule has 0 aliphatic carbocycles. The minimum absolute atomic E-state index is 0.158. The van der Waals surface area contributed by atoms with Crippen LogP contribution in [0.4, 0.5) is 14.6 Å². The van der Waals surface area contributed by atoms with E-state index < -0.39 is 41.9 Å². The van der Waals surface area contributed by atoms with E-state index in [1.807, 2.05) is 6.92 Å². The summed E-state index contributed by atoms with van der Waals surface area (Å²) in [5.41, 5.74) is 8.11. The molecule has 3 aromatic heterocycles. The lowest BCUT2D eigenvalue weighted by atomic mass is 10.1. The smallest absolute Gasteiger partial charge is 0.350 e. The SMILES string of the molecule is Cc1cc(N)nc(C)c1CNC(=O)Cn1c(C)cc(=O)n(NCC(F)(F)c2ccccn2)c1=O. The second kappa shape index (κ2) is 9.81. The average molecular weight is 473 g/mol. The second-order valence-electron chi connectivity index (χ2n) is 7.79. The minimum Gasteiger partial charge on any atom is -0.384 e. The molecule has 0 atom stereocenters. The summed E-state index contributed by atoms with van der Waals surface area (Å²) in [6, 6.07) is 6.81. The molecule has 0 unspecified atom stereocenters. The van der Waals surface area contributed by atoms with Crippen molar-refractivity contribution in [3.05, 3.63) is 85.6 Å². The third-order valence-electron chi connectivity index (χ3n) is 5.24. The summed E-state index contributed by atoms with van der Waals surface area (Å²) in [6.45, 7) is 3.78. The van der Waals surface area contributed by atoms with Crippen molar-refractivity contribution >= 4 is 11.7 Å². The van der Waals surface area contributed by atoms with Crippen LogP contribution in [0.1, 0.15) is 28.2 Å². The predicted molar refractivity (Wildman–Crippen MR) is 122 cm³/mol. The fourth-order valence-corrected chi connectivity index (χ4v) is 3.41. The van der Waals surface area contributed by atoms with Crippen LogP contribution in [0, 0.1) is 20.8 Å². The molecule has 4 N–H and O–H groups in total. The lowest BCUT2D eigenvalue weighted by molar-refractivity contribution is -0.121. The van der Waals surface area contributed by atoms with E-state index in [0.29, 0.717) is 16.2 Å². The van der Waals surface area contributed by atoms with Crippen LogP contribution in [-0.4, -0.2) is 31.7 Å². The first-order valence-corrected chi connectivity index (χ1v) is 10.4. The van der Waals surface area contributed by atoms with Crippen LogP contribution < -0.4 is 27.7 Å². The maximum atomic E-state index is 14.4. The highest BCUT2D eigenvalue weighted by molar-refractivity contribution is 5.75. The van der Waals surface area contributed by atoms with Crippen LogP contribution in [0.15, 0.2) is 46.1 Å². The van der Waals surface area contributed by atoms with Crippen LogP contribution in [0.5, 0.6) is 0 Å². The topological polar surface area (TPSA) is 137 Å². The zero-order valence-corrected chi connectivity index (χ0v) is 18.9. The first-order chi connectivity index (χ1) is 16.0. The first-order valence-electron chi connectivity index (χ1n) is 10.4. The van der Waals surface area contributed by atoms with Gasteiger partial charge in [-0.05, 0) is 50.1 Å². The molecule has 0 spiro atoms. The standard InChI is InChI=1S/C22H25F2N7O3/c1-13-8-18(25)29-15(3)16(13)10-27-19(32)11-30-14(2)9-20(33)31(21(30)34)28-12-22(23,24)17-6-4-5-7-26-17/h4-9,28H,10-12H2,1-3H3,(H2,25,29)(H,27,32). The molecule has 0 saturated carbocycles. The molecule has 180 valence electrons. The maximum absolute atomic E-state index is 14.4. The number of alkyl halides is 2. The van der Waals surface area contributed by atoms with Crippen molar-refractivity contribution < 1.29 is 13.6 Å². The number of carbonyl (C=O) groups is 1. The van der Waals surface area contributed by atoms with Gasteiger partial charge in [-0.25, -0.2) is 9.78 Å². The van der Waals surface area contributed by atoms with Crippen molar-refractivity contribution in [3.63, 3.8) is 0 Å². The quantitative estimate of drug-likeness (QED) is 0.443. The van der Waals surface area contributed by atoms with E-state index in [9.17, 15) is 23.2 Å². The molecule has 0 aliphatic heterocycles. The average Bonchev–Trinajstić information content (AvgIpc) is 2.76. The fraction of sp³-hybridized carbons (Fsp3) is 0.318. The molecule has 34 heavy (non-hydrogen) atoms. The molecule has 3 heterocycles. The van der Waals surface area contributed by atoms with E-state index in [1.165, 1.54) is 25.3 Å². The molecule has 10 nitrogen and oxygen atoms in total. The Hall–Kier alpha value is -4.09. The highest BCUT2D eigenvalue weighted by Crippen LogP contribution is 2.24. The van der Waals surface area contributed by atoms with E-state index in [1.54, 1.807) is 13.0 Å². The van der Waals surface area contributed by atoms with Crippen LogP contribution in [0.25, 0.3) is 0 Å². The van der Waals surface area contributed by atoms with Gasteiger partial charge in [0.05, 0.1) is 0 Å². The summed E-state index contributed by atoms with van der Waals surface area (Å²) in [5.74, 6) is -3.58. The largest absolute Gasteiger partial charge is 0.384 e. The number of hydrogen-bond donors (Lipinski definition) is 3. The summed E-state index contributed by atoms with van der Waals surface area (Å²) in [7, 11) is 0. The van der Waals surface area contributed by atoms with Gasteiger partial charge in [0.25, 0.3) is 5.56 Å². The molecule has 0 bridgehead atoms. The number of nitrogens with two attached hydrogens (primary N) is 1. The molecule has 1 amide bonds. The van der Waals surface area contributed by atoms with Crippen molar-refractivity contribution in [2.24, 2.45) is 0 Å². The molecular weight excluding hydrogens is 448 g/mol. The lowest BCUT2D eigenvalue weighted by Gasteiger charge is -2.19. The van der Waals surface area contributed by atoms with Crippen molar-refractivity contribution in [1.82, 2.24) is 24.5 Å². The van der Waals surface area contributed by atoms with Gasteiger partial charge < -0.3 is 16.5 Å². The van der Waals surface area contributed by atoms with E-state index >= 15 is 0 Å². The molecule has 3 rings (SSSR count). The zero-order chi connectivity index (χ0) is 25.0. The molecule has 0 fully saturated rings. The molecule has 0 aromatic carbocycles. The zero-order valence-electron chi connectivity index (χ0n) is 18.9. The number of halogens is 2. The number of amides is 1. The Morgan fingerprint density at radius 2 is 1.91 bits per heavy atom. The number of nitrogens with zero attached hydrogens (tertiary/aromatic N) is 4. The maximum Gasteiger partial charge on any atom is 0.350 e.